The van der Waals surface area contributed by atoms with Gasteiger partial charge in [0.05, 0.1) is 16.6 Å². The molecule has 4 heteroatoms. The fraction of sp³-hybridized carbons (Fsp3) is 0.0476. The van der Waals surface area contributed by atoms with E-state index < -0.39 is 0 Å². The van der Waals surface area contributed by atoms with Crippen LogP contribution in [0.3, 0.4) is 0 Å². The van der Waals surface area contributed by atoms with E-state index in [4.69, 9.17) is 0 Å². The van der Waals surface area contributed by atoms with Crippen molar-refractivity contribution in [3.63, 3.8) is 0 Å². The molecule has 0 saturated heterocycles. The maximum Gasteiger partial charge on any atom is 0.149 e. The maximum absolute atomic E-state index is 9.63. The van der Waals surface area contributed by atoms with E-state index in [2.05, 4.69) is 16.0 Å². The first-order valence-electron chi connectivity index (χ1n) is 8.06. The second-order valence-corrected chi connectivity index (χ2v) is 5.91. The Kier molecular flexibility index (Phi) is 3.68. The number of fused-ring (bicyclic) bond motifs is 1. The second kappa shape index (κ2) is 6.14. The molecule has 0 radical (unpaired) electrons. The number of nitriles is 1. The van der Waals surface area contributed by atoms with Gasteiger partial charge < -0.3 is 9.55 Å². The highest BCUT2D eigenvalue weighted by Crippen LogP contribution is 2.21. The first kappa shape index (κ1) is 15.0. The van der Waals surface area contributed by atoms with Crippen LogP contribution in [0.5, 0.6) is 0 Å². The minimum atomic E-state index is 0.504. The van der Waals surface area contributed by atoms with Crippen LogP contribution in [0.25, 0.3) is 28.4 Å². The number of aromatic nitrogens is 3. The van der Waals surface area contributed by atoms with Gasteiger partial charge in [0.15, 0.2) is 0 Å². The van der Waals surface area contributed by atoms with E-state index in [-0.39, 0.29) is 0 Å². The van der Waals surface area contributed by atoms with Crippen molar-refractivity contribution in [3.05, 3.63) is 83.9 Å². The number of rotatable bonds is 3. The lowest BCUT2D eigenvalue weighted by atomic mass is 10.2. The lowest BCUT2D eigenvalue weighted by Gasteiger charge is -2.06. The lowest BCUT2D eigenvalue weighted by Crippen LogP contribution is -1.95. The Morgan fingerprint density at radius 2 is 1.96 bits per heavy atom. The van der Waals surface area contributed by atoms with Gasteiger partial charge in [-0.2, -0.15) is 5.26 Å². The van der Waals surface area contributed by atoms with Crippen molar-refractivity contribution in [3.8, 4) is 11.8 Å². The van der Waals surface area contributed by atoms with Gasteiger partial charge in [-0.1, -0.05) is 24.3 Å². The zero-order chi connectivity index (χ0) is 17.2. The summed E-state index contributed by atoms with van der Waals surface area (Å²) in [6, 6.07) is 22.3. The highest BCUT2D eigenvalue weighted by Gasteiger charge is 2.10. The molecule has 1 N–H and O–H groups in total. The van der Waals surface area contributed by atoms with Gasteiger partial charge >= 0.3 is 0 Å². The van der Waals surface area contributed by atoms with Crippen LogP contribution in [-0.2, 0) is 0 Å². The quantitative estimate of drug-likeness (QED) is 0.554. The molecule has 4 aromatic rings. The van der Waals surface area contributed by atoms with Crippen LogP contribution in [0.4, 0.5) is 0 Å². The van der Waals surface area contributed by atoms with Gasteiger partial charge in [-0.15, -0.1) is 0 Å². The number of hydrogen-bond donors (Lipinski definition) is 1. The molecule has 0 unspecified atom stereocenters. The molecule has 120 valence electrons. The van der Waals surface area contributed by atoms with Crippen molar-refractivity contribution < 1.29 is 0 Å². The predicted octanol–water partition coefficient (Wildman–Crippen LogP) is 4.73. The molecule has 0 amide bonds. The molecule has 0 aliphatic heterocycles. The third kappa shape index (κ3) is 2.84. The van der Waals surface area contributed by atoms with Crippen LogP contribution in [0.15, 0.2) is 66.9 Å². The molecule has 0 bridgehead atoms. The van der Waals surface area contributed by atoms with Gasteiger partial charge in [0.1, 0.15) is 11.9 Å². The largest absolute Gasteiger partial charge is 0.337 e. The summed E-state index contributed by atoms with van der Waals surface area (Å²) in [4.78, 5) is 7.80. The molecule has 25 heavy (non-hydrogen) atoms. The van der Waals surface area contributed by atoms with Crippen LogP contribution >= 0.6 is 0 Å². The van der Waals surface area contributed by atoms with E-state index in [9.17, 15) is 5.26 Å². The first-order chi connectivity index (χ1) is 12.2. The topological polar surface area (TPSA) is 57.4 Å². The molecule has 4 rings (SSSR count). The van der Waals surface area contributed by atoms with Crippen LogP contribution < -0.4 is 0 Å². The molecule has 2 aromatic heterocycles. The Morgan fingerprint density at radius 1 is 1.12 bits per heavy atom. The Balaban J connectivity index is 1.79. The van der Waals surface area contributed by atoms with E-state index in [0.29, 0.717) is 11.4 Å². The zero-order valence-electron chi connectivity index (χ0n) is 13.8. The minimum absolute atomic E-state index is 0.504. The standard InChI is InChI=1S/C21H16N4/c1-15-9-10-19-20(12-15)24-21(23-19)16(14-22)13-18-8-5-11-25(18)17-6-3-2-4-7-17/h2-13H,1H3,(H,23,24)/b16-13-. The molecular weight excluding hydrogens is 308 g/mol. The monoisotopic (exact) mass is 324 g/mol. The number of para-hydroxylation sites is 1. The fourth-order valence-corrected chi connectivity index (χ4v) is 2.89. The molecule has 4 nitrogen and oxygen atoms in total. The highest BCUT2D eigenvalue weighted by molar-refractivity contribution is 5.90. The fourth-order valence-electron chi connectivity index (χ4n) is 2.89. The Labute approximate surface area is 145 Å². The van der Waals surface area contributed by atoms with Crippen molar-refractivity contribution >= 4 is 22.7 Å². The van der Waals surface area contributed by atoms with Crippen molar-refractivity contribution in [1.82, 2.24) is 14.5 Å². The molecule has 0 fully saturated rings. The molecule has 0 aliphatic carbocycles. The average molecular weight is 324 g/mol. The number of nitrogens with zero attached hydrogens (tertiary/aromatic N) is 3. The number of nitrogens with one attached hydrogen (secondary N) is 1. The molecule has 0 atom stereocenters. The van der Waals surface area contributed by atoms with E-state index >= 15 is 0 Å². The van der Waals surface area contributed by atoms with Gasteiger partial charge in [-0.3, -0.25) is 0 Å². The van der Waals surface area contributed by atoms with Crippen LogP contribution in [0.2, 0.25) is 0 Å². The van der Waals surface area contributed by atoms with Crippen LogP contribution in [0, 0.1) is 18.3 Å². The second-order valence-electron chi connectivity index (χ2n) is 5.91. The van der Waals surface area contributed by atoms with Crippen molar-refractivity contribution in [2.75, 3.05) is 0 Å². The van der Waals surface area contributed by atoms with Crippen molar-refractivity contribution in [1.29, 1.82) is 5.26 Å². The summed E-state index contributed by atoms with van der Waals surface area (Å²) >= 11 is 0. The van der Waals surface area contributed by atoms with Crippen molar-refractivity contribution in [2.24, 2.45) is 0 Å². The van der Waals surface area contributed by atoms with E-state index in [0.717, 1.165) is 28.0 Å². The number of imidazole rings is 1. The molecule has 2 aromatic carbocycles. The lowest BCUT2D eigenvalue weighted by molar-refractivity contribution is 1.06. The number of H-pyrrole nitrogens is 1. The Bertz CT molecular complexity index is 1110. The smallest absolute Gasteiger partial charge is 0.149 e. The zero-order valence-corrected chi connectivity index (χ0v) is 13.8. The number of aromatic amines is 1. The molecule has 0 spiro atoms. The third-order valence-corrected chi connectivity index (χ3v) is 4.12. The summed E-state index contributed by atoms with van der Waals surface area (Å²) in [7, 11) is 0. The summed E-state index contributed by atoms with van der Waals surface area (Å²) < 4.78 is 2.05. The van der Waals surface area contributed by atoms with E-state index in [1.807, 2.05) is 84.4 Å². The summed E-state index contributed by atoms with van der Waals surface area (Å²) in [5, 5.41) is 9.63. The summed E-state index contributed by atoms with van der Waals surface area (Å²) in [5.41, 5.74) is 5.44. The van der Waals surface area contributed by atoms with Crippen LogP contribution in [0.1, 0.15) is 17.1 Å². The van der Waals surface area contributed by atoms with Gasteiger partial charge in [0.2, 0.25) is 0 Å². The van der Waals surface area contributed by atoms with E-state index in [1.165, 1.54) is 0 Å². The highest BCUT2D eigenvalue weighted by atomic mass is 15.0. The predicted molar refractivity (Wildman–Crippen MR) is 100 cm³/mol. The number of benzene rings is 2. The number of aryl methyl sites for hydroxylation is 1. The maximum atomic E-state index is 9.63. The average Bonchev–Trinajstić information content (AvgIpc) is 3.26. The molecule has 0 saturated carbocycles. The number of allylic oxidation sites excluding steroid dienone is 1. The normalized spacial score (nSPS) is 11.6. The SMILES string of the molecule is Cc1ccc2nc(/C(C#N)=C\c3cccn3-c3ccccc3)[nH]c2c1. The Hall–Kier alpha value is -3.58. The molecule has 0 aliphatic rings. The summed E-state index contributed by atoms with van der Waals surface area (Å²) in [5.74, 6) is 0.587. The van der Waals surface area contributed by atoms with Gasteiger partial charge in [0, 0.05) is 17.6 Å². The minimum Gasteiger partial charge on any atom is -0.337 e. The van der Waals surface area contributed by atoms with Crippen LogP contribution in [-0.4, -0.2) is 14.5 Å². The summed E-state index contributed by atoms with van der Waals surface area (Å²) in [6.45, 7) is 2.04. The molecule has 2 heterocycles. The van der Waals surface area contributed by atoms with Crippen molar-refractivity contribution in [2.45, 2.75) is 6.92 Å². The molecular formula is C21H16N4. The Morgan fingerprint density at radius 3 is 2.76 bits per heavy atom. The van der Waals surface area contributed by atoms with Gasteiger partial charge in [-0.25, -0.2) is 4.98 Å². The van der Waals surface area contributed by atoms with Gasteiger partial charge in [-0.05, 0) is 55.0 Å². The van der Waals surface area contributed by atoms with E-state index in [1.54, 1.807) is 0 Å². The first-order valence-corrected chi connectivity index (χ1v) is 8.06. The van der Waals surface area contributed by atoms with Gasteiger partial charge in [0.25, 0.3) is 0 Å². The third-order valence-electron chi connectivity index (χ3n) is 4.12. The number of hydrogen-bond acceptors (Lipinski definition) is 2. The summed E-state index contributed by atoms with van der Waals surface area (Å²) in [6.07, 6.45) is 3.84.